The van der Waals surface area contributed by atoms with E-state index in [-0.39, 0.29) is 35.9 Å². The van der Waals surface area contributed by atoms with Crippen LogP contribution in [0, 0.1) is 6.92 Å². The second kappa shape index (κ2) is 10.5. The van der Waals surface area contributed by atoms with Crippen LogP contribution in [0.2, 0.25) is 0 Å². The molecule has 11 heteroatoms. The van der Waals surface area contributed by atoms with Gasteiger partial charge in [-0.25, -0.2) is 5.01 Å². The molecular weight excluding hydrogens is 496 g/mol. The quantitative estimate of drug-likeness (QED) is 0.350. The van der Waals surface area contributed by atoms with Crippen molar-refractivity contribution in [2.24, 2.45) is 12.1 Å². The molecule has 184 valence electrons. The number of thiophene rings is 1. The van der Waals surface area contributed by atoms with Crippen LogP contribution in [0.15, 0.2) is 74.8 Å². The summed E-state index contributed by atoms with van der Waals surface area (Å²) in [6, 6.07) is 15.4. The maximum absolute atomic E-state index is 13.3. The number of hydrogen-bond acceptors (Lipinski definition) is 8. The van der Waals surface area contributed by atoms with Crippen LogP contribution in [0.3, 0.4) is 0 Å². The minimum absolute atomic E-state index is 0.104. The Labute approximate surface area is 216 Å². The second-order valence-corrected chi connectivity index (χ2v) is 10.2. The zero-order valence-electron chi connectivity index (χ0n) is 19.7. The van der Waals surface area contributed by atoms with E-state index >= 15 is 0 Å². The predicted molar refractivity (Wildman–Crippen MR) is 138 cm³/mol. The molecule has 0 bridgehead atoms. The number of furan rings is 1. The molecule has 2 amide bonds. The van der Waals surface area contributed by atoms with E-state index in [0.29, 0.717) is 17.4 Å². The highest BCUT2D eigenvalue weighted by Crippen LogP contribution is 2.34. The van der Waals surface area contributed by atoms with Gasteiger partial charge in [-0.05, 0) is 36.1 Å². The number of benzene rings is 1. The normalized spacial score (nSPS) is 15.2. The van der Waals surface area contributed by atoms with Gasteiger partial charge in [0.05, 0.1) is 35.2 Å². The Hall–Kier alpha value is -3.70. The Morgan fingerprint density at radius 2 is 2.00 bits per heavy atom. The standard InChI is InChI=1S/C25H24N6O3S2/c1-16-7-9-17(10-8-16)19-13-18(21-6-4-12-35-21)29-31(19)23(32)15-36-25-28-27-22(30(25)2)14-26-24(33)20-5-3-11-34-20/h3-12,19H,13-15H2,1-2H3,(H,26,33)/t19-/m1/s1. The van der Waals surface area contributed by atoms with Crippen molar-refractivity contribution < 1.29 is 14.0 Å². The smallest absolute Gasteiger partial charge is 0.287 e. The van der Waals surface area contributed by atoms with Gasteiger partial charge in [0.15, 0.2) is 16.7 Å². The van der Waals surface area contributed by atoms with Crippen molar-refractivity contribution >= 4 is 40.6 Å². The fraction of sp³-hybridized carbons (Fsp3) is 0.240. The molecule has 0 spiro atoms. The fourth-order valence-corrected chi connectivity index (χ4v) is 5.35. The van der Waals surface area contributed by atoms with Gasteiger partial charge >= 0.3 is 0 Å². The van der Waals surface area contributed by atoms with Gasteiger partial charge in [0, 0.05) is 13.5 Å². The summed E-state index contributed by atoms with van der Waals surface area (Å²) in [6.07, 6.45) is 2.11. The number of aromatic nitrogens is 3. The first kappa shape index (κ1) is 24.0. The summed E-state index contributed by atoms with van der Waals surface area (Å²) in [5.74, 6) is 0.528. The number of rotatable bonds is 8. The Morgan fingerprint density at radius 1 is 1.17 bits per heavy atom. The maximum atomic E-state index is 13.3. The van der Waals surface area contributed by atoms with Crippen LogP contribution in [0.5, 0.6) is 0 Å². The molecule has 0 unspecified atom stereocenters. The average Bonchev–Trinajstić information content (AvgIpc) is 3.69. The molecule has 0 saturated carbocycles. The monoisotopic (exact) mass is 520 g/mol. The van der Waals surface area contributed by atoms with Gasteiger partial charge in [-0.1, -0.05) is 47.7 Å². The van der Waals surface area contributed by atoms with Crippen LogP contribution in [-0.2, 0) is 18.4 Å². The number of amides is 2. The van der Waals surface area contributed by atoms with Crippen LogP contribution in [-0.4, -0.2) is 43.1 Å². The first-order valence-corrected chi connectivity index (χ1v) is 13.2. The van der Waals surface area contributed by atoms with Crippen molar-refractivity contribution in [2.75, 3.05) is 5.75 Å². The zero-order valence-corrected chi connectivity index (χ0v) is 21.4. The van der Waals surface area contributed by atoms with Gasteiger partial charge in [-0.3, -0.25) is 9.59 Å². The van der Waals surface area contributed by atoms with Crippen LogP contribution in [0.25, 0.3) is 0 Å². The average molecular weight is 521 g/mol. The summed E-state index contributed by atoms with van der Waals surface area (Å²) >= 11 is 2.92. The molecule has 1 aromatic carbocycles. The number of carbonyl (C=O) groups excluding carboxylic acids is 2. The SMILES string of the molecule is Cc1ccc([C@H]2CC(c3cccs3)=NN2C(=O)CSc2nnc(CNC(=O)c3ccco3)n2C)cc1. The number of nitrogens with one attached hydrogen (secondary N) is 1. The Morgan fingerprint density at radius 3 is 2.72 bits per heavy atom. The third-order valence-electron chi connectivity index (χ3n) is 5.84. The summed E-state index contributed by atoms with van der Waals surface area (Å²) in [6.45, 7) is 2.23. The molecule has 5 rings (SSSR count). The molecule has 0 fully saturated rings. The van der Waals surface area contributed by atoms with Crippen molar-refractivity contribution in [3.63, 3.8) is 0 Å². The number of hydrazone groups is 1. The van der Waals surface area contributed by atoms with Gasteiger partial charge in [0.2, 0.25) is 0 Å². The van der Waals surface area contributed by atoms with E-state index in [1.807, 2.05) is 24.4 Å². The number of nitrogens with zero attached hydrogens (tertiary/aromatic N) is 5. The Kier molecular flexibility index (Phi) is 7.01. The van der Waals surface area contributed by atoms with Gasteiger partial charge < -0.3 is 14.3 Å². The van der Waals surface area contributed by atoms with Crippen LogP contribution < -0.4 is 5.32 Å². The third kappa shape index (κ3) is 5.12. The van der Waals surface area contributed by atoms with E-state index in [0.717, 1.165) is 16.2 Å². The Bertz CT molecular complexity index is 1380. The summed E-state index contributed by atoms with van der Waals surface area (Å²) in [7, 11) is 1.80. The Balaban J connectivity index is 1.26. The highest BCUT2D eigenvalue weighted by Gasteiger charge is 2.33. The molecule has 4 heterocycles. The topological polar surface area (TPSA) is 106 Å². The van der Waals surface area contributed by atoms with Crippen LogP contribution >= 0.6 is 23.1 Å². The second-order valence-electron chi connectivity index (χ2n) is 8.30. The van der Waals surface area contributed by atoms with E-state index in [1.54, 1.807) is 40.1 Å². The van der Waals surface area contributed by atoms with Gasteiger partial charge in [-0.2, -0.15) is 5.10 Å². The molecule has 1 atom stereocenters. The number of hydrogen-bond donors (Lipinski definition) is 1. The zero-order chi connectivity index (χ0) is 25.1. The molecule has 1 N–H and O–H groups in total. The molecule has 3 aromatic heterocycles. The highest BCUT2D eigenvalue weighted by atomic mass is 32.2. The predicted octanol–water partition coefficient (Wildman–Crippen LogP) is 4.18. The third-order valence-corrected chi connectivity index (χ3v) is 7.76. The highest BCUT2D eigenvalue weighted by molar-refractivity contribution is 7.99. The van der Waals surface area contributed by atoms with Crippen molar-refractivity contribution in [3.8, 4) is 0 Å². The van der Waals surface area contributed by atoms with Gasteiger partial charge in [0.1, 0.15) is 0 Å². The van der Waals surface area contributed by atoms with Crippen molar-refractivity contribution in [1.29, 1.82) is 0 Å². The van der Waals surface area contributed by atoms with E-state index in [9.17, 15) is 9.59 Å². The lowest BCUT2D eigenvalue weighted by atomic mass is 10.00. The molecular formula is C25H24N6O3S2. The van der Waals surface area contributed by atoms with E-state index < -0.39 is 0 Å². The van der Waals surface area contributed by atoms with E-state index in [4.69, 9.17) is 9.52 Å². The van der Waals surface area contributed by atoms with Crippen molar-refractivity contribution in [2.45, 2.75) is 31.1 Å². The summed E-state index contributed by atoms with van der Waals surface area (Å²) in [4.78, 5) is 26.5. The minimum atomic E-state index is -0.331. The van der Waals surface area contributed by atoms with Crippen LogP contribution in [0.1, 0.15) is 44.8 Å². The van der Waals surface area contributed by atoms with Gasteiger partial charge in [-0.15, -0.1) is 21.5 Å². The molecule has 4 aromatic rings. The number of carbonyl (C=O) groups is 2. The molecule has 0 aliphatic carbocycles. The number of aryl methyl sites for hydroxylation is 1. The number of thioether (sulfide) groups is 1. The molecule has 36 heavy (non-hydrogen) atoms. The lowest BCUT2D eigenvalue weighted by Gasteiger charge is -2.22. The lowest BCUT2D eigenvalue weighted by Crippen LogP contribution is -2.28. The molecule has 1 aliphatic rings. The summed E-state index contributed by atoms with van der Waals surface area (Å²) in [5.41, 5.74) is 3.15. The van der Waals surface area contributed by atoms with E-state index in [1.165, 1.54) is 23.6 Å². The van der Waals surface area contributed by atoms with Crippen molar-refractivity contribution in [3.05, 3.63) is 87.8 Å². The largest absolute Gasteiger partial charge is 0.459 e. The molecule has 9 nitrogen and oxygen atoms in total. The first-order valence-electron chi connectivity index (χ1n) is 11.3. The van der Waals surface area contributed by atoms with Crippen molar-refractivity contribution in [1.82, 2.24) is 25.1 Å². The first-order chi connectivity index (χ1) is 17.5. The summed E-state index contributed by atoms with van der Waals surface area (Å²) in [5, 5.41) is 20.0. The lowest BCUT2D eigenvalue weighted by molar-refractivity contribution is -0.130. The maximum Gasteiger partial charge on any atom is 0.287 e. The fourth-order valence-electron chi connectivity index (χ4n) is 3.85. The van der Waals surface area contributed by atoms with E-state index in [2.05, 4.69) is 39.8 Å². The minimum Gasteiger partial charge on any atom is -0.459 e. The van der Waals surface area contributed by atoms with Crippen LogP contribution in [0.4, 0.5) is 0 Å². The van der Waals surface area contributed by atoms with Gasteiger partial charge in [0.25, 0.3) is 11.8 Å². The molecule has 1 aliphatic heterocycles. The molecule has 0 radical (unpaired) electrons. The summed E-state index contributed by atoms with van der Waals surface area (Å²) < 4.78 is 6.87. The molecule has 0 saturated heterocycles.